The molecule has 1 aromatic carbocycles. The van der Waals surface area contributed by atoms with E-state index < -0.39 is 36.3 Å². The highest BCUT2D eigenvalue weighted by molar-refractivity contribution is 6.06. The van der Waals surface area contributed by atoms with E-state index in [2.05, 4.69) is 17.6 Å². The maximum absolute atomic E-state index is 13.1. The highest BCUT2D eigenvalue weighted by Crippen LogP contribution is 2.32. The Balaban J connectivity index is 2.16. The first kappa shape index (κ1) is 27.6. The molecule has 0 spiro atoms. The van der Waals surface area contributed by atoms with Gasteiger partial charge in [0.2, 0.25) is 0 Å². The van der Waals surface area contributed by atoms with Crippen LogP contribution in [0.3, 0.4) is 0 Å². The van der Waals surface area contributed by atoms with Crippen LogP contribution in [-0.2, 0) is 39.8 Å². The second kappa shape index (κ2) is 13.3. The van der Waals surface area contributed by atoms with Crippen LogP contribution in [0.1, 0.15) is 53.0 Å². The summed E-state index contributed by atoms with van der Waals surface area (Å²) < 4.78 is 15.4. The van der Waals surface area contributed by atoms with Gasteiger partial charge in [-0.2, -0.15) is 0 Å². The molecule has 0 fully saturated rings. The number of aryl methyl sites for hydroxylation is 1. The third-order valence-corrected chi connectivity index (χ3v) is 5.39. The van der Waals surface area contributed by atoms with Crippen molar-refractivity contribution >= 4 is 29.5 Å². The maximum atomic E-state index is 13.1. The zero-order chi connectivity index (χ0) is 26.0. The van der Waals surface area contributed by atoms with Gasteiger partial charge in [-0.3, -0.25) is 9.59 Å². The lowest BCUT2D eigenvalue weighted by Crippen LogP contribution is -2.39. The van der Waals surface area contributed by atoms with E-state index in [9.17, 15) is 19.2 Å². The smallest absolute Gasteiger partial charge is 0.337 e. The van der Waals surface area contributed by atoms with Crippen molar-refractivity contribution in [2.45, 2.75) is 53.9 Å². The average Bonchev–Trinajstić information content (AvgIpc) is 2.81. The Hall–Kier alpha value is -3.62. The fraction of sp³-hybridized carbons (Fsp3) is 0.462. The van der Waals surface area contributed by atoms with Crippen molar-refractivity contribution in [3.63, 3.8) is 0 Å². The zero-order valence-electron chi connectivity index (χ0n) is 21.0. The predicted molar refractivity (Wildman–Crippen MR) is 130 cm³/mol. The molecule has 0 radical (unpaired) electrons. The molecule has 1 aliphatic heterocycles. The van der Waals surface area contributed by atoms with Crippen LogP contribution in [-0.4, -0.2) is 43.6 Å². The second-order valence-electron chi connectivity index (χ2n) is 8.03. The molecule has 0 bridgehead atoms. The van der Waals surface area contributed by atoms with E-state index >= 15 is 0 Å². The summed E-state index contributed by atoms with van der Waals surface area (Å²) in [6.07, 6.45) is 3.14. The summed E-state index contributed by atoms with van der Waals surface area (Å²) in [5.41, 5.74) is 2.32. The minimum Gasteiger partial charge on any atom is -0.463 e. The van der Waals surface area contributed by atoms with Crippen LogP contribution in [0.2, 0.25) is 0 Å². The van der Waals surface area contributed by atoms with Crippen molar-refractivity contribution in [3.8, 4) is 0 Å². The number of dihydropyridines is 1. The standard InChI is InChI=1S/C26H34N2O7/c1-6-9-10-18-11-13-19(14-12-18)28-20(29)15-35-26(32)23-21(24(30)33-7-2)16(4)27-17(5)22(23)25(31)34-8-3/h11-14,23,27H,6-10,15H2,1-5H3,(H,28,29). The Labute approximate surface area is 205 Å². The minimum absolute atomic E-state index is 0.0615. The molecule has 1 aromatic rings. The number of carbonyl (C=O) groups is 4. The third-order valence-electron chi connectivity index (χ3n) is 5.39. The number of benzene rings is 1. The predicted octanol–water partition coefficient (Wildman–Crippen LogP) is 3.40. The average molecular weight is 487 g/mol. The molecule has 35 heavy (non-hydrogen) atoms. The molecular weight excluding hydrogens is 452 g/mol. The monoisotopic (exact) mass is 486 g/mol. The minimum atomic E-state index is -1.39. The third kappa shape index (κ3) is 7.43. The summed E-state index contributed by atoms with van der Waals surface area (Å²) in [6, 6.07) is 7.44. The molecule has 1 aliphatic rings. The Kier molecular flexibility index (Phi) is 10.5. The van der Waals surface area contributed by atoms with Gasteiger partial charge >= 0.3 is 17.9 Å². The molecule has 2 N–H and O–H groups in total. The van der Waals surface area contributed by atoms with E-state index in [0.717, 1.165) is 19.3 Å². The van der Waals surface area contributed by atoms with Crippen LogP contribution in [0.15, 0.2) is 46.8 Å². The SMILES string of the molecule is CCCCc1ccc(NC(=O)COC(=O)C2C(C(=O)OCC)=C(C)NC(C)=C2C(=O)OCC)cc1. The summed E-state index contributed by atoms with van der Waals surface area (Å²) in [5.74, 6) is -4.39. The Morgan fingerprint density at radius 2 is 1.40 bits per heavy atom. The Bertz CT molecular complexity index is 969. The van der Waals surface area contributed by atoms with Gasteiger partial charge in [0, 0.05) is 17.1 Å². The van der Waals surface area contributed by atoms with E-state index in [0.29, 0.717) is 17.1 Å². The summed E-state index contributed by atoms with van der Waals surface area (Å²) in [6.45, 7) is 8.13. The van der Waals surface area contributed by atoms with E-state index in [1.54, 1.807) is 39.8 Å². The number of hydrogen-bond acceptors (Lipinski definition) is 8. The number of ether oxygens (including phenoxy) is 3. The highest BCUT2D eigenvalue weighted by Gasteiger charge is 2.42. The van der Waals surface area contributed by atoms with Crippen molar-refractivity contribution in [2.24, 2.45) is 5.92 Å². The van der Waals surface area contributed by atoms with Crippen LogP contribution in [0, 0.1) is 5.92 Å². The molecule has 9 heteroatoms. The molecule has 1 heterocycles. The molecule has 0 atom stereocenters. The highest BCUT2D eigenvalue weighted by atomic mass is 16.5. The van der Waals surface area contributed by atoms with Gasteiger partial charge in [-0.1, -0.05) is 25.5 Å². The fourth-order valence-corrected chi connectivity index (χ4v) is 3.74. The van der Waals surface area contributed by atoms with Gasteiger partial charge in [-0.25, -0.2) is 9.59 Å². The number of anilines is 1. The Morgan fingerprint density at radius 3 is 1.89 bits per heavy atom. The lowest BCUT2D eigenvalue weighted by atomic mass is 9.85. The molecular formula is C26H34N2O7. The van der Waals surface area contributed by atoms with Gasteiger partial charge < -0.3 is 24.8 Å². The molecule has 2 rings (SSSR count). The molecule has 1 amide bonds. The molecule has 9 nitrogen and oxygen atoms in total. The molecule has 0 aliphatic carbocycles. The molecule has 0 saturated heterocycles. The van der Waals surface area contributed by atoms with Crippen LogP contribution in [0.5, 0.6) is 0 Å². The summed E-state index contributed by atoms with van der Waals surface area (Å²) in [7, 11) is 0. The largest absolute Gasteiger partial charge is 0.463 e. The molecule has 0 aromatic heterocycles. The quantitative estimate of drug-likeness (QED) is 0.361. The lowest BCUT2D eigenvalue weighted by molar-refractivity contribution is -0.153. The first-order valence-electron chi connectivity index (χ1n) is 11.8. The topological polar surface area (TPSA) is 120 Å². The number of nitrogens with one attached hydrogen (secondary N) is 2. The van der Waals surface area contributed by atoms with Gasteiger partial charge in [0.05, 0.1) is 24.4 Å². The first-order valence-corrected chi connectivity index (χ1v) is 11.8. The van der Waals surface area contributed by atoms with Gasteiger partial charge in [0.25, 0.3) is 5.91 Å². The van der Waals surface area contributed by atoms with Crippen molar-refractivity contribution in [1.82, 2.24) is 5.32 Å². The van der Waals surface area contributed by atoms with Gasteiger partial charge in [-0.15, -0.1) is 0 Å². The number of carbonyl (C=O) groups excluding carboxylic acids is 4. The first-order chi connectivity index (χ1) is 16.7. The number of esters is 3. The fourth-order valence-electron chi connectivity index (χ4n) is 3.74. The van der Waals surface area contributed by atoms with E-state index in [4.69, 9.17) is 14.2 Å². The van der Waals surface area contributed by atoms with E-state index in [1.807, 2.05) is 12.1 Å². The van der Waals surface area contributed by atoms with Gasteiger partial charge in [-0.05, 0) is 58.2 Å². The van der Waals surface area contributed by atoms with Crippen LogP contribution in [0.25, 0.3) is 0 Å². The zero-order valence-corrected chi connectivity index (χ0v) is 21.0. The maximum Gasteiger partial charge on any atom is 0.337 e. The van der Waals surface area contributed by atoms with E-state index in [-0.39, 0.29) is 24.4 Å². The van der Waals surface area contributed by atoms with Crippen LogP contribution >= 0.6 is 0 Å². The summed E-state index contributed by atoms with van der Waals surface area (Å²) in [5, 5.41) is 5.60. The Morgan fingerprint density at radius 1 is 0.857 bits per heavy atom. The molecule has 190 valence electrons. The van der Waals surface area contributed by atoms with Crippen molar-refractivity contribution in [3.05, 3.63) is 52.4 Å². The van der Waals surface area contributed by atoms with Crippen LogP contribution in [0.4, 0.5) is 5.69 Å². The number of unbranched alkanes of at least 4 members (excludes halogenated alkanes) is 1. The van der Waals surface area contributed by atoms with Gasteiger partial charge in [0.1, 0.15) is 5.92 Å². The number of hydrogen-bond donors (Lipinski definition) is 2. The van der Waals surface area contributed by atoms with Crippen LogP contribution < -0.4 is 10.6 Å². The number of allylic oxidation sites excluding steroid dienone is 2. The van der Waals surface area contributed by atoms with Crippen molar-refractivity contribution in [2.75, 3.05) is 25.1 Å². The summed E-state index contributed by atoms with van der Waals surface area (Å²) >= 11 is 0. The van der Waals surface area contributed by atoms with E-state index in [1.165, 1.54) is 5.56 Å². The number of rotatable bonds is 11. The van der Waals surface area contributed by atoms with Crippen molar-refractivity contribution < 1.29 is 33.4 Å². The lowest BCUT2D eigenvalue weighted by Gasteiger charge is -2.28. The van der Waals surface area contributed by atoms with Gasteiger partial charge in [0.15, 0.2) is 6.61 Å². The molecule has 0 saturated carbocycles. The van der Waals surface area contributed by atoms with Crippen molar-refractivity contribution in [1.29, 1.82) is 0 Å². The summed E-state index contributed by atoms with van der Waals surface area (Å²) in [4.78, 5) is 50.8. The normalized spacial score (nSPS) is 13.7. The second-order valence-corrected chi connectivity index (χ2v) is 8.03. The number of amides is 1. The molecule has 0 unspecified atom stereocenters.